The molecule has 1 amide bonds. The molecule has 0 saturated heterocycles. The molecule has 0 saturated carbocycles. The zero-order valence-electron chi connectivity index (χ0n) is 10.8. The van der Waals surface area contributed by atoms with Gasteiger partial charge in [0, 0.05) is 5.69 Å². The Morgan fingerprint density at radius 1 is 1.40 bits per heavy atom. The van der Waals surface area contributed by atoms with Crippen molar-refractivity contribution in [1.82, 2.24) is 0 Å². The van der Waals surface area contributed by atoms with Gasteiger partial charge in [-0.25, -0.2) is 0 Å². The Kier molecular flexibility index (Phi) is 5.06. The van der Waals surface area contributed by atoms with Gasteiger partial charge in [-0.2, -0.15) is 31.1 Å². The van der Waals surface area contributed by atoms with Crippen LogP contribution in [0.25, 0.3) is 0 Å². The topological polar surface area (TPSA) is 52.9 Å². The summed E-state index contributed by atoms with van der Waals surface area (Å²) in [6, 6.07) is 4.51. The molecule has 0 aliphatic heterocycles. The standard InChI is InChI=1S/C13H13F3N2OS/c1-7(2)11(20)12(19)18-9-4-3-8(6-17)10(5-9)13(14,15)16/h3-5,7,11,20H,1-2H3,(H,18,19). The predicted molar refractivity (Wildman–Crippen MR) is 72.4 cm³/mol. The van der Waals surface area contributed by atoms with Gasteiger partial charge in [-0.3, -0.25) is 4.79 Å². The van der Waals surface area contributed by atoms with Gasteiger partial charge in [0.05, 0.1) is 22.4 Å². The van der Waals surface area contributed by atoms with Crippen LogP contribution >= 0.6 is 12.6 Å². The zero-order valence-corrected chi connectivity index (χ0v) is 11.7. The van der Waals surface area contributed by atoms with Crippen LogP contribution in [0.3, 0.4) is 0 Å². The summed E-state index contributed by atoms with van der Waals surface area (Å²) in [6.45, 7) is 3.55. The van der Waals surface area contributed by atoms with Crippen LogP contribution in [0, 0.1) is 17.2 Å². The van der Waals surface area contributed by atoms with Gasteiger partial charge in [0.25, 0.3) is 0 Å². The molecule has 0 spiro atoms. The quantitative estimate of drug-likeness (QED) is 0.840. The smallest absolute Gasteiger partial charge is 0.325 e. The number of carbonyl (C=O) groups is 1. The highest BCUT2D eigenvalue weighted by molar-refractivity contribution is 7.81. The number of halogens is 3. The number of hydrogen-bond acceptors (Lipinski definition) is 3. The van der Waals surface area contributed by atoms with E-state index >= 15 is 0 Å². The Balaban J connectivity index is 3.05. The number of benzene rings is 1. The molecule has 0 bridgehead atoms. The first-order valence-electron chi connectivity index (χ1n) is 5.77. The van der Waals surface area contributed by atoms with Crippen molar-refractivity contribution >= 4 is 24.2 Å². The SMILES string of the molecule is CC(C)C(S)C(=O)Nc1ccc(C#N)c(C(F)(F)F)c1. The molecule has 0 aromatic heterocycles. The fourth-order valence-corrected chi connectivity index (χ4v) is 1.54. The lowest BCUT2D eigenvalue weighted by Crippen LogP contribution is -2.27. The normalized spacial score (nSPS) is 12.9. The van der Waals surface area contributed by atoms with Crippen molar-refractivity contribution < 1.29 is 18.0 Å². The van der Waals surface area contributed by atoms with E-state index in [1.165, 1.54) is 12.1 Å². The van der Waals surface area contributed by atoms with Crippen molar-refractivity contribution in [2.45, 2.75) is 25.3 Å². The molecule has 20 heavy (non-hydrogen) atoms. The summed E-state index contributed by atoms with van der Waals surface area (Å²) >= 11 is 4.09. The first-order chi connectivity index (χ1) is 9.16. The van der Waals surface area contributed by atoms with Gasteiger partial charge in [-0.1, -0.05) is 13.8 Å². The lowest BCUT2D eigenvalue weighted by atomic mass is 10.1. The molecule has 1 rings (SSSR count). The van der Waals surface area contributed by atoms with E-state index in [1.807, 2.05) is 0 Å². The second-order valence-electron chi connectivity index (χ2n) is 4.55. The minimum absolute atomic E-state index is 0.0129. The first kappa shape index (κ1) is 16.4. The Morgan fingerprint density at radius 2 is 2.00 bits per heavy atom. The zero-order chi connectivity index (χ0) is 15.5. The van der Waals surface area contributed by atoms with Crippen LogP contribution in [0.15, 0.2) is 18.2 Å². The van der Waals surface area contributed by atoms with E-state index in [1.54, 1.807) is 13.8 Å². The molecular weight excluding hydrogens is 289 g/mol. The minimum Gasteiger partial charge on any atom is -0.325 e. The number of alkyl halides is 3. The van der Waals surface area contributed by atoms with Crippen molar-refractivity contribution in [1.29, 1.82) is 5.26 Å². The number of anilines is 1. The largest absolute Gasteiger partial charge is 0.417 e. The van der Waals surface area contributed by atoms with E-state index in [4.69, 9.17) is 5.26 Å². The monoisotopic (exact) mass is 302 g/mol. The lowest BCUT2D eigenvalue weighted by Gasteiger charge is -2.16. The van der Waals surface area contributed by atoms with Crippen LogP contribution in [0.4, 0.5) is 18.9 Å². The summed E-state index contributed by atoms with van der Waals surface area (Å²) in [5.74, 6) is -0.542. The summed E-state index contributed by atoms with van der Waals surface area (Å²) in [7, 11) is 0. The average molecular weight is 302 g/mol. The summed E-state index contributed by atoms with van der Waals surface area (Å²) in [5.41, 5.74) is -1.57. The number of rotatable bonds is 3. The van der Waals surface area contributed by atoms with Crippen LogP contribution in [0.5, 0.6) is 0 Å². The molecule has 1 atom stereocenters. The molecule has 1 aromatic rings. The van der Waals surface area contributed by atoms with Gasteiger partial charge in [0.1, 0.15) is 0 Å². The lowest BCUT2D eigenvalue weighted by molar-refractivity contribution is -0.137. The third-order valence-electron chi connectivity index (χ3n) is 2.61. The molecule has 1 aromatic carbocycles. The summed E-state index contributed by atoms with van der Waals surface area (Å²) < 4.78 is 38.3. The first-order valence-corrected chi connectivity index (χ1v) is 6.28. The highest BCUT2D eigenvalue weighted by Crippen LogP contribution is 2.33. The maximum Gasteiger partial charge on any atom is 0.417 e. The number of thiol groups is 1. The van der Waals surface area contributed by atoms with Gasteiger partial charge in [-0.15, -0.1) is 0 Å². The van der Waals surface area contributed by atoms with Gasteiger partial charge >= 0.3 is 6.18 Å². The molecule has 108 valence electrons. The Labute approximate surface area is 120 Å². The average Bonchev–Trinajstić information content (AvgIpc) is 2.36. The van der Waals surface area contributed by atoms with E-state index in [0.717, 1.165) is 12.1 Å². The molecular formula is C13H13F3N2OS. The second-order valence-corrected chi connectivity index (χ2v) is 5.10. The van der Waals surface area contributed by atoms with Crippen molar-refractivity contribution in [3.05, 3.63) is 29.3 Å². The van der Waals surface area contributed by atoms with Crippen LogP contribution in [0.2, 0.25) is 0 Å². The van der Waals surface area contributed by atoms with Crippen molar-refractivity contribution in [2.24, 2.45) is 5.92 Å². The summed E-state index contributed by atoms with van der Waals surface area (Å²) in [5, 5.41) is 10.4. The number of nitrogens with zero attached hydrogens (tertiary/aromatic N) is 1. The highest BCUT2D eigenvalue weighted by atomic mass is 32.1. The van der Waals surface area contributed by atoms with Gasteiger partial charge < -0.3 is 5.32 Å². The maximum atomic E-state index is 12.8. The maximum absolute atomic E-state index is 12.8. The van der Waals surface area contributed by atoms with E-state index < -0.39 is 28.5 Å². The predicted octanol–water partition coefficient (Wildman–Crippen LogP) is 3.47. The Bertz CT molecular complexity index is 550. The molecule has 0 heterocycles. The molecule has 3 nitrogen and oxygen atoms in total. The fraction of sp³-hybridized carbons (Fsp3) is 0.385. The van der Waals surface area contributed by atoms with E-state index in [0.29, 0.717) is 0 Å². The number of carbonyl (C=O) groups excluding carboxylic acids is 1. The minimum atomic E-state index is -4.65. The van der Waals surface area contributed by atoms with Crippen LogP contribution < -0.4 is 5.32 Å². The van der Waals surface area contributed by atoms with E-state index in [9.17, 15) is 18.0 Å². The molecule has 1 N–H and O–H groups in total. The number of amides is 1. The number of nitrogens with one attached hydrogen (secondary N) is 1. The van der Waals surface area contributed by atoms with Crippen LogP contribution in [-0.2, 0) is 11.0 Å². The Hall–Kier alpha value is -1.68. The van der Waals surface area contributed by atoms with Crippen LogP contribution in [-0.4, -0.2) is 11.2 Å². The summed E-state index contributed by atoms with van der Waals surface area (Å²) in [4.78, 5) is 11.7. The molecule has 7 heteroatoms. The van der Waals surface area contributed by atoms with E-state index in [-0.39, 0.29) is 11.6 Å². The molecule has 0 fully saturated rings. The molecule has 0 radical (unpaired) electrons. The number of hydrogen-bond donors (Lipinski definition) is 2. The number of nitriles is 1. The van der Waals surface area contributed by atoms with Gasteiger partial charge in [0.15, 0.2) is 0 Å². The van der Waals surface area contributed by atoms with Crippen molar-refractivity contribution in [3.63, 3.8) is 0 Å². The molecule has 0 aliphatic rings. The Morgan fingerprint density at radius 3 is 2.45 bits per heavy atom. The third-order valence-corrected chi connectivity index (χ3v) is 3.44. The molecule has 1 unspecified atom stereocenters. The van der Waals surface area contributed by atoms with Crippen molar-refractivity contribution in [2.75, 3.05) is 5.32 Å². The third kappa shape index (κ3) is 3.90. The van der Waals surface area contributed by atoms with Crippen LogP contribution in [0.1, 0.15) is 25.0 Å². The second kappa shape index (κ2) is 6.18. The molecule has 0 aliphatic carbocycles. The van der Waals surface area contributed by atoms with E-state index in [2.05, 4.69) is 17.9 Å². The summed E-state index contributed by atoms with van der Waals surface area (Å²) in [6.07, 6.45) is -4.65. The van der Waals surface area contributed by atoms with Gasteiger partial charge in [0.2, 0.25) is 5.91 Å². The van der Waals surface area contributed by atoms with Gasteiger partial charge in [-0.05, 0) is 24.1 Å². The fourth-order valence-electron chi connectivity index (χ4n) is 1.47. The van der Waals surface area contributed by atoms with Crippen molar-refractivity contribution in [3.8, 4) is 6.07 Å². The highest BCUT2D eigenvalue weighted by Gasteiger charge is 2.34.